The second-order valence-corrected chi connectivity index (χ2v) is 4.24. The van der Waals surface area contributed by atoms with Crippen LogP contribution >= 0.6 is 0 Å². The van der Waals surface area contributed by atoms with E-state index in [4.69, 9.17) is 0 Å². The standard InChI is InChI=1S/C13H8F2N2O4/c14-10-3-1-8(12(6-10)16(18)19)5-9-2-4-11(15)7-13(9)17(20)21/h1-4,6-7H,5H2. The molecule has 6 nitrogen and oxygen atoms in total. The molecule has 2 rings (SSSR count). The number of hydrogen-bond donors (Lipinski definition) is 0. The zero-order valence-electron chi connectivity index (χ0n) is 10.5. The Morgan fingerprint density at radius 3 is 1.52 bits per heavy atom. The van der Waals surface area contributed by atoms with Gasteiger partial charge in [0, 0.05) is 17.5 Å². The van der Waals surface area contributed by atoms with E-state index in [1.807, 2.05) is 0 Å². The van der Waals surface area contributed by atoms with Crippen molar-refractivity contribution in [3.63, 3.8) is 0 Å². The first-order valence-corrected chi connectivity index (χ1v) is 5.74. The van der Waals surface area contributed by atoms with Crippen LogP contribution in [0.2, 0.25) is 0 Å². The van der Waals surface area contributed by atoms with Crippen LogP contribution in [0.15, 0.2) is 36.4 Å². The predicted molar refractivity (Wildman–Crippen MR) is 68.9 cm³/mol. The molecule has 0 bridgehead atoms. The Kier molecular flexibility index (Phi) is 3.88. The van der Waals surface area contributed by atoms with Gasteiger partial charge in [-0.3, -0.25) is 20.2 Å². The second kappa shape index (κ2) is 5.61. The quantitative estimate of drug-likeness (QED) is 0.639. The normalized spacial score (nSPS) is 10.4. The predicted octanol–water partition coefficient (Wildman–Crippen LogP) is 3.37. The summed E-state index contributed by atoms with van der Waals surface area (Å²) in [6.07, 6.45) is -0.173. The highest BCUT2D eigenvalue weighted by atomic mass is 19.1. The molecule has 0 spiro atoms. The molecule has 21 heavy (non-hydrogen) atoms. The van der Waals surface area contributed by atoms with Gasteiger partial charge < -0.3 is 0 Å². The molecule has 0 atom stereocenters. The average Bonchev–Trinajstić information content (AvgIpc) is 2.42. The molecule has 0 heterocycles. The largest absolute Gasteiger partial charge is 0.275 e. The van der Waals surface area contributed by atoms with Crippen molar-refractivity contribution < 1.29 is 18.6 Å². The Hall–Kier alpha value is -2.90. The molecule has 108 valence electrons. The van der Waals surface area contributed by atoms with Gasteiger partial charge in [-0.2, -0.15) is 0 Å². The fraction of sp³-hybridized carbons (Fsp3) is 0.0769. The van der Waals surface area contributed by atoms with Gasteiger partial charge >= 0.3 is 0 Å². The summed E-state index contributed by atoms with van der Waals surface area (Å²) in [7, 11) is 0. The van der Waals surface area contributed by atoms with E-state index >= 15 is 0 Å². The molecular formula is C13H8F2N2O4. The Balaban J connectivity index is 2.48. The van der Waals surface area contributed by atoms with E-state index in [1.165, 1.54) is 12.1 Å². The number of nitro benzene ring substituents is 2. The van der Waals surface area contributed by atoms with Gasteiger partial charge in [0.25, 0.3) is 11.4 Å². The van der Waals surface area contributed by atoms with Gasteiger partial charge in [-0.15, -0.1) is 0 Å². The number of nitrogens with zero attached hydrogens (tertiary/aromatic N) is 2. The van der Waals surface area contributed by atoms with E-state index in [0.717, 1.165) is 24.3 Å². The first kappa shape index (κ1) is 14.5. The van der Waals surface area contributed by atoms with Gasteiger partial charge in [-0.1, -0.05) is 0 Å². The molecule has 0 aromatic heterocycles. The maximum absolute atomic E-state index is 13.0. The van der Waals surface area contributed by atoms with Crippen LogP contribution in [-0.4, -0.2) is 9.85 Å². The summed E-state index contributed by atoms with van der Waals surface area (Å²) < 4.78 is 26.1. The molecule has 0 amide bonds. The van der Waals surface area contributed by atoms with E-state index in [0.29, 0.717) is 0 Å². The second-order valence-electron chi connectivity index (χ2n) is 4.24. The van der Waals surface area contributed by atoms with Crippen molar-refractivity contribution >= 4 is 11.4 Å². The van der Waals surface area contributed by atoms with Crippen molar-refractivity contribution in [1.82, 2.24) is 0 Å². The summed E-state index contributed by atoms with van der Waals surface area (Å²) in [5.41, 5.74) is -0.741. The molecule has 0 saturated heterocycles. The lowest BCUT2D eigenvalue weighted by molar-refractivity contribution is -0.386. The minimum Gasteiger partial charge on any atom is -0.258 e. The number of benzene rings is 2. The van der Waals surface area contributed by atoms with Crippen LogP contribution < -0.4 is 0 Å². The van der Waals surface area contributed by atoms with Crippen LogP contribution in [0.25, 0.3) is 0 Å². The summed E-state index contributed by atoms with van der Waals surface area (Å²) in [6.45, 7) is 0. The van der Waals surface area contributed by atoms with Crippen molar-refractivity contribution in [3.05, 3.63) is 79.4 Å². The monoisotopic (exact) mass is 294 g/mol. The summed E-state index contributed by atoms with van der Waals surface area (Å²) in [4.78, 5) is 20.2. The first-order chi connectivity index (χ1) is 9.88. The lowest BCUT2D eigenvalue weighted by atomic mass is 10.0. The molecule has 0 aliphatic heterocycles. The number of rotatable bonds is 4. The first-order valence-electron chi connectivity index (χ1n) is 5.74. The summed E-state index contributed by atoms with van der Waals surface area (Å²) in [5, 5.41) is 21.8. The minimum absolute atomic E-state index is 0.108. The van der Waals surface area contributed by atoms with Gasteiger partial charge in [0.1, 0.15) is 11.6 Å². The summed E-state index contributed by atoms with van der Waals surface area (Å²) in [5.74, 6) is -1.56. The summed E-state index contributed by atoms with van der Waals surface area (Å²) >= 11 is 0. The topological polar surface area (TPSA) is 86.3 Å². The molecule has 0 unspecified atom stereocenters. The number of nitro groups is 2. The van der Waals surface area contributed by atoms with Crippen LogP contribution in [0.5, 0.6) is 0 Å². The highest BCUT2D eigenvalue weighted by molar-refractivity contribution is 5.48. The Morgan fingerprint density at radius 1 is 0.810 bits per heavy atom. The molecule has 0 N–H and O–H groups in total. The molecule has 2 aromatic rings. The van der Waals surface area contributed by atoms with Crippen molar-refractivity contribution in [1.29, 1.82) is 0 Å². The molecule has 8 heteroatoms. The van der Waals surface area contributed by atoms with Crippen molar-refractivity contribution in [2.24, 2.45) is 0 Å². The Labute approximate surface area is 116 Å². The lowest BCUT2D eigenvalue weighted by Gasteiger charge is -2.05. The highest BCUT2D eigenvalue weighted by Crippen LogP contribution is 2.27. The highest BCUT2D eigenvalue weighted by Gasteiger charge is 2.20. The van der Waals surface area contributed by atoms with E-state index in [2.05, 4.69) is 0 Å². The van der Waals surface area contributed by atoms with Crippen LogP contribution in [0.1, 0.15) is 11.1 Å². The van der Waals surface area contributed by atoms with E-state index < -0.39 is 32.9 Å². The van der Waals surface area contributed by atoms with Crippen LogP contribution in [-0.2, 0) is 6.42 Å². The van der Waals surface area contributed by atoms with Gasteiger partial charge in [0.2, 0.25) is 0 Å². The fourth-order valence-corrected chi connectivity index (χ4v) is 1.92. The van der Waals surface area contributed by atoms with Crippen molar-refractivity contribution in [2.75, 3.05) is 0 Å². The summed E-state index contributed by atoms with van der Waals surface area (Å²) in [6, 6.07) is 5.89. The number of hydrogen-bond acceptors (Lipinski definition) is 4. The fourth-order valence-electron chi connectivity index (χ4n) is 1.92. The average molecular weight is 294 g/mol. The third-order valence-corrected chi connectivity index (χ3v) is 2.87. The Morgan fingerprint density at radius 2 is 1.19 bits per heavy atom. The van der Waals surface area contributed by atoms with Gasteiger partial charge in [0.05, 0.1) is 22.0 Å². The molecular weight excluding hydrogens is 286 g/mol. The van der Waals surface area contributed by atoms with Crippen LogP contribution in [0.4, 0.5) is 20.2 Å². The maximum Gasteiger partial charge on any atom is 0.275 e. The minimum atomic E-state index is -0.779. The molecule has 0 aliphatic rings. The van der Waals surface area contributed by atoms with Gasteiger partial charge in [0.15, 0.2) is 0 Å². The number of halogens is 2. The van der Waals surface area contributed by atoms with E-state index in [1.54, 1.807) is 0 Å². The molecule has 0 radical (unpaired) electrons. The van der Waals surface area contributed by atoms with Gasteiger partial charge in [-0.05, 0) is 24.3 Å². The van der Waals surface area contributed by atoms with E-state index in [-0.39, 0.29) is 17.5 Å². The molecule has 0 aliphatic carbocycles. The zero-order valence-corrected chi connectivity index (χ0v) is 10.5. The van der Waals surface area contributed by atoms with Crippen LogP contribution in [0, 0.1) is 31.9 Å². The zero-order chi connectivity index (χ0) is 15.6. The Bertz CT molecular complexity index is 673. The third-order valence-electron chi connectivity index (χ3n) is 2.87. The SMILES string of the molecule is O=[N+]([O-])c1cc(F)ccc1Cc1ccc(F)cc1[N+](=O)[O-]. The molecule has 0 fully saturated rings. The van der Waals surface area contributed by atoms with Gasteiger partial charge in [-0.25, -0.2) is 8.78 Å². The molecule has 2 aromatic carbocycles. The van der Waals surface area contributed by atoms with Crippen molar-refractivity contribution in [2.45, 2.75) is 6.42 Å². The maximum atomic E-state index is 13.0. The smallest absolute Gasteiger partial charge is 0.258 e. The molecule has 0 saturated carbocycles. The van der Waals surface area contributed by atoms with Crippen molar-refractivity contribution in [3.8, 4) is 0 Å². The van der Waals surface area contributed by atoms with Crippen LogP contribution in [0.3, 0.4) is 0 Å². The van der Waals surface area contributed by atoms with E-state index in [9.17, 15) is 29.0 Å². The lowest BCUT2D eigenvalue weighted by Crippen LogP contribution is -2.01. The third kappa shape index (κ3) is 3.16.